The van der Waals surface area contributed by atoms with E-state index in [1.165, 1.54) is 7.11 Å². The molecule has 3 aliphatic rings. The maximum atomic E-state index is 12.1. The second kappa shape index (κ2) is 12.8. The highest BCUT2D eigenvalue weighted by Crippen LogP contribution is 2.47. The number of hydrogen-bond donors (Lipinski definition) is 4. The molecule has 0 aromatic heterocycles. The van der Waals surface area contributed by atoms with E-state index >= 15 is 0 Å². The zero-order valence-electron chi connectivity index (χ0n) is 24.0. The molecule has 11 heteroatoms. The Morgan fingerprint density at radius 2 is 1.59 bits per heavy atom. The van der Waals surface area contributed by atoms with E-state index < -0.39 is 18.6 Å². The van der Waals surface area contributed by atoms with Crippen molar-refractivity contribution >= 4 is 26.2 Å². The Labute approximate surface area is 223 Å². The quantitative estimate of drug-likeness (QED) is 0.250. The summed E-state index contributed by atoms with van der Waals surface area (Å²) in [6, 6.07) is 0. The summed E-state index contributed by atoms with van der Waals surface area (Å²) in [5, 5.41) is 29.5. The van der Waals surface area contributed by atoms with Crippen LogP contribution in [0, 0.1) is 17.3 Å². The Kier molecular flexibility index (Phi) is 11.1. The molecule has 3 fully saturated rings. The Morgan fingerprint density at radius 3 is 2.14 bits per heavy atom. The average molecular weight is 525 g/mol. The minimum absolute atomic E-state index is 0.0503. The number of rotatable bonds is 10. The lowest BCUT2D eigenvalue weighted by atomic mass is 9.74. The lowest BCUT2D eigenvalue weighted by Crippen LogP contribution is -2.49. The lowest BCUT2D eigenvalue weighted by molar-refractivity contribution is -0.154. The van der Waals surface area contributed by atoms with Crippen LogP contribution in [-0.4, -0.2) is 71.7 Å². The van der Waals surface area contributed by atoms with Crippen LogP contribution in [0.4, 0.5) is 0 Å². The van der Waals surface area contributed by atoms with Gasteiger partial charge in [-0.3, -0.25) is 9.59 Å². The van der Waals surface area contributed by atoms with E-state index in [2.05, 4.69) is 39.9 Å². The van der Waals surface area contributed by atoms with Gasteiger partial charge in [0.25, 0.3) is 0 Å². The van der Waals surface area contributed by atoms with Crippen molar-refractivity contribution in [2.45, 2.75) is 122 Å². The van der Waals surface area contributed by atoms with Gasteiger partial charge < -0.3 is 34.5 Å². The maximum absolute atomic E-state index is 12.1. The van der Waals surface area contributed by atoms with Gasteiger partial charge in [-0.15, -0.1) is 0 Å². The summed E-state index contributed by atoms with van der Waals surface area (Å²) in [5.41, 5.74) is -1.66. The molecule has 3 rings (SSSR count). The molecular formula is C26H49B2NO8. The van der Waals surface area contributed by atoms with Gasteiger partial charge in [0.05, 0.1) is 23.7 Å². The summed E-state index contributed by atoms with van der Waals surface area (Å²) in [7, 11) is 0.0825. The molecule has 9 nitrogen and oxygen atoms in total. The van der Waals surface area contributed by atoms with Crippen molar-refractivity contribution in [3.8, 4) is 0 Å². The van der Waals surface area contributed by atoms with Crippen molar-refractivity contribution in [3.63, 3.8) is 0 Å². The van der Waals surface area contributed by atoms with E-state index in [0.29, 0.717) is 25.1 Å². The smallest absolute Gasteiger partial charge is 0.457 e. The Bertz CT molecular complexity index is 764. The van der Waals surface area contributed by atoms with Crippen LogP contribution in [0.3, 0.4) is 0 Å². The third-order valence-corrected chi connectivity index (χ3v) is 9.36. The van der Waals surface area contributed by atoms with Crippen molar-refractivity contribution in [1.29, 1.82) is 0 Å². The third-order valence-electron chi connectivity index (χ3n) is 9.36. The summed E-state index contributed by atoms with van der Waals surface area (Å²) in [4.78, 5) is 23.1. The number of nitrogens with one attached hydrogen (secondary N) is 1. The molecule has 0 aromatic carbocycles. The largest absolute Gasteiger partial charge is 0.480 e. The zero-order chi connectivity index (χ0) is 28.1. The molecule has 0 spiro atoms. The van der Waals surface area contributed by atoms with Crippen LogP contribution >= 0.6 is 0 Å². The fraction of sp³-hybridized carbons (Fsp3) is 0.923. The van der Waals surface area contributed by atoms with Crippen LogP contribution in [0.25, 0.3) is 0 Å². The van der Waals surface area contributed by atoms with E-state index in [1.807, 2.05) is 0 Å². The van der Waals surface area contributed by atoms with Gasteiger partial charge in [-0.1, -0.05) is 19.3 Å². The second-order valence-corrected chi connectivity index (χ2v) is 12.4. The fourth-order valence-corrected chi connectivity index (χ4v) is 5.99. The van der Waals surface area contributed by atoms with Crippen molar-refractivity contribution < 1.29 is 38.8 Å². The Balaban J connectivity index is 0.000000281. The summed E-state index contributed by atoms with van der Waals surface area (Å²) in [6.45, 7) is 12.8. The molecule has 4 N–H and O–H groups in total. The van der Waals surface area contributed by atoms with Crippen LogP contribution in [0.5, 0.6) is 0 Å². The number of ether oxygens (including phenoxy) is 1. The molecule has 0 aromatic rings. The van der Waals surface area contributed by atoms with Crippen molar-refractivity contribution in [3.05, 3.63) is 0 Å². The summed E-state index contributed by atoms with van der Waals surface area (Å²) in [6.07, 6.45) is 8.64. The third kappa shape index (κ3) is 7.72. The molecule has 212 valence electrons. The molecule has 1 aliphatic carbocycles. The van der Waals surface area contributed by atoms with E-state index in [9.17, 15) is 9.59 Å². The monoisotopic (exact) mass is 525 g/mol. The molecule has 0 radical (unpaired) electrons. The minimum Gasteiger partial charge on any atom is -0.480 e. The SMILES string of the molecule is COC(=O)[C@@]1(C)CCC[C@H]1CCCB1OC(C)(C)C(C)(C)O1.C[C@]1(C(=O)O)NCC[C@H]1CCCB(O)O. The highest BCUT2D eigenvalue weighted by molar-refractivity contribution is 6.45. The molecule has 2 heterocycles. The van der Waals surface area contributed by atoms with E-state index in [-0.39, 0.29) is 35.6 Å². The molecule has 1 saturated carbocycles. The molecule has 2 saturated heterocycles. The normalized spacial score (nSPS) is 32.1. The first-order chi connectivity index (χ1) is 17.1. The molecule has 2 aliphatic heterocycles. The molecular weight excluding hydrogens is 476 g/mol. The number of carbonyl (C=O) groups is 2. The molecule has 37 heavy (non-hydrogen) atoms. The highest BCUT2D eigenvalue weighted by Gasteiger charge is 2.51. The lowest BCUT2D eigenvalue weighted by Gasteiger charge is -2.32. The summed E-state index contributed by atoms with van der Waals surface area (Å²) >= 11 is 0. The predicted molar refractivity (Wildman–Crippen MR) is 144 cm³/mol. The standard InChI is InChI=1S/C17H31BO4.C9H18BNO4/c1-15(2)16(3,4)22-18(21-15)12-8-10-13-9-7-11-17(13,5)14(19)20-6;1-9(8(12)13)7(4-6-11-9)3-2-5-10(14)15/h13H,7-12H2,1-6H3;7,11,14-15H,2-6H2,1H3,(H,12,13)/t13-,17-;7-,9+/m01/s1. The summed E-state index contributed by atoms with van der Waals surface area (Å²) < 4.78 is 17.1. The van der Waals surface area contributed by atoms with Crippen LogP contribution in [0.2, 0.25) is 12.6 Å². The minimum atomic E-state index is -1.28. The molecule has 4 atom stereocenters. The topological polar surface area (TPSA) is 135 Å². The zero-order valence-corrected chi connectivity index (χ0v) is 24.0. The number of esters is 1. The van der Waals surface area contributed by atoms with Gasteiger partial charge in [-0.2, -0.15) is 0 Å². The first-order valence-corrected chi connectivity index (χ1v) is 13.9. The number of carboxylic acid groups (broad SMARTS) is 1. The molecule has 0 amide bonds. The number of methoxy groups -OCH3 is 1. The van der Waals surface area contributed by atoms with Gasteiger partial charge in [0, 0.05) is 0 Å². The maximum Gasteiger partial charge on any atom is 0.457 e. The van der Waals surface area contributed by atoms with Crippen molar-refractivity contribution in [2.24, 2.45) is 17.3 Å². The number of carboxylic acids is 1. The predicted octanol–water partition coefficient (Wildman–Crippen LogP) is 3.53. The fourth-order valence-electron chi connectivity index (χ4n) is 5.99. The van der Waals surface area contributed by atoms with Crippen molar-refractivity contribution in [1.82, 2.24) is 5.32 Å². The van der Waals surface area contributed by atoms with Gasteiger partial charge >= 0.3 is 26.2 Å². The van der Waals surface area contributed by atoms with Gasteiger partial charge in [0.1, 0.15) is 5.54 Å². The number of carbonyl (C=O) groups excluding carboxylic acids is 1. The Hall–Kier alpha value is -1.13. The number of aliphatic carboxylic acids is 1. The number of hydrogen-bond acceptors (Lipinski definition) is 8. The van der Waals surface area contributed by atoms with Gasteiger partial charge in [0.15, 0.2) is 0 Å². The van der Waals surface area contributed by atoms with Crippen LogP contribution in [-0.2, 0) is 23.6 Å². The Morgan fingerprint density at radius 1 is 1.00 bits per heavy atom. The molecule has 0 bridgehead atoms. The van der Waals surface area contributed by atoms with Crippen LogP contribution in [0.15, 0.2) is 0 Å². The average Bonchev–Trinajstić information content (AvgIpc) is 3.42. The van der Waals surface area contributed by atoms with Crippen molar-refractivity contribution in [2.75, 3.05) is 13.7 Å². The molecule has 0 unspecified atom stereocenters. The van der Waals surface area contributed by atoms with Gasteiger partial charge in [0.2, 0.25) is 0 Å². The van der Waals surface area contributed by atoms with E-state index in [0.717, 1.165) is 51.4 Å². The second-order valence-electron chi connectivity index (χ2n) is 12.4. The van der Waals surface area contributed by atoms with Crippen LogP contribution in [0.1, 0.15) is 92.9 Å². The van der Waals surface area contributed by atoms with Gasteiger partial charge in [-0.05, 0) is 105 Å². The highest BCUT2D eigenvalue weighted by atomic mass is 16.7. The first kappa shape index (κ1) is 32.1. The van der Waals surface area contributed by atoms with Gasteiger partial charge in [-0.25, -0.2) is 0 Å². The van der Waals surface area contributed by atoms with Crippen LogP contribution < -0.4 is 5.32 Å². The van der Waals surface area contributed by atoms with E-state index in [1.54, 1.807) is 6.92 Å². The van der Waals surface area contributed by atoms with E-state index in [4.69, 9.17) is 29.2 Å². The first-order valence-electron chi connectivity index (χ1n) is 13.9. The summed E-state index contributed by atoms with van der Waals surface area (Å²) in [5.74, 6) is -0.378.